The molecule has 1 N–H and O–H groups in total. The minimum Gasteiger partial charge on any atom is -0.451 e. The number of amides is 1. The molecule has 0 fully saturated rings. The second-order valence-corrected chi connectivity index (χ2v) is 5.64. The van der Waals surface area contributed by atoms with Crippen molar-refractivity contribution < 1.29 is 13.6 Å². The van der Waals surface area contributed by atoms with Crippen LogP contribution in [0.4, 0.5) is 4.39 Å². The number of hydrogen-bond acceptors (Lipinski definition) is 3. The zero-order valence-electron chi connectivity index (χ0n) is 13.1. The Kier molecular flexibility index (Phi) is 4.42. The highest BCUT2D eigenvalue weighted by Crippen LogP contribution is 2.13. The van der Waals surface area contributed by atoms with Gasteiger partial charge in [0.2, 0.25) is 0 Å². The molecule has 24 heavy (non-hydrogen) atoms. The van der Waals surface area contributed by atoms with Gasteiger partial charge in [0.25, 0.3) is 5.91 Å². The summed E-state index contributed by atoms with van der Waals surface area (Å²) in [5.41, 5.74) is 0.603. The molecule has 1 atom stereocenters. The summed E-state index contributed by atoms with van der Waals surface area (Å²) in [6.45, 7) is 1.77. The number of benzene rings is 2. The van der Waals surface area contributed by atoms with Crippen LogP contribution in [0.15, 0.2) is 63.8 Å². The first-order chi connectivity index (χ1) is 11.5. The Labute approximate surface area is 137 Å². The molecule has 0 aliphatic heterocycles. The van der Waals surface area contributed by atoms with Gasteiger partial charge in [-0.2, -0.15) is 0 Å². The van der Waals surface area contributed by atoms with Crippen LogP contribution in [0.2, 0.25) is 0 Å². The summed E-state index contributed by atoms with van der Waals surface area (Å²) in [6.07, 6.45) is 0.343. The number of nitrogens with one attached hydrogen (secondary N) is 1. The lowest BCUT2D eigenvalue weighted by molar-refractivity contribution is 0.0912. The van der Waals surface area contributed by atoms with E-state index in [0.29, 0.717) is 23.0 Å². The fourth-order valence-electron chi connectivity index (χ4n) is 2.56. The monoisotopic (exact) mass is 325 g/mol. The highest BCUT2D eigenvalue weighted by atomic mass is 19.1. The first kappa shape index (κ1) is 15.9. The fraction of sp³-hybridized carbons (Fsp3) is 0.158. The Morgan fingerprint density at radius 3 is 2.67 bits per heavy atom. The molecule has 4 nitrogen and oxygen atoms in total. The first-order valence-corrected chi connectivity index (χ1v) is 7.62. The second-order valence-electron chi connectivity index (χ2n) is 5.64. The Morgan fingerprint density at radius 1 is 1.17 bits per heavy atom. The Balaban J connectivity index is 1.77. The van der Waals surface area contributed by atoms with E-state index in [1.165, 1.54) is 12.1 Å². The number of para-hydroxylation sites is 1. The fourth-order valence-corrected chi connectivity index (χ4v) is 2.56. The van der Waals surface area contributed by atoms with Crippen LogP contribution in [0.5, 0.6) is 0 Å². The van der Waals surface area contributed by atoms with Crippen molar-refractivity contribution in [2.24, 2.45) is 0 Å². The van der Waals surface area contributed by atoms with E-state index in [1.807, 2.05) is 0 Å². The third-order valence-electron chi connectivity index (χ3n) is 3.72. The van der Waals surface area contributed by atoms with Gasteiger partial charge in [0, 0.05) is 12.1 Å². The summed E-state index contributed by atoms with van der Waals surface area (Å²) in [6, 6.07) is 14.0. The van der Waals surface area contributed by atoms with Crippen LogP contribution in [0.25, 0.3) is 11.0 Å². The molecule has 122 valence electrons. The molecule has 0 spiro atoms. The molecule has 0 aliphatic carbocycles. The topological polar surface area (TPSA) is 59.3 Å². The van der Waals surface area contributed by atoms with Crippen molar-refractivity contribution in [2.75, 3.05) is 0 Å². The predicted molar refractivity (Wildman–Crippen MR) is 89.5 cm³/mol. The van der Waals surface area contributed by atoms with Crippen molar-refractivity contribution in [2.45, 2.75) is 19.4 Å². The lowest BCUT2D eigenvalue weighted by atomic mass is 10.1. The van der Waals surface area contributed by atoms with Crippen LogP contribution >= 0.6 is 0 Å². The molecule has 0 radical (unpaired) electrons. The van der Waals surface area contributed by atoms with Crippen molar-refractivity contribution in [3.63, 3.8) is 0 Å². The van der Waals surface area contributed by atoms with Gasteiger partial charge in [-0.15, -0.1) is 0 Å². The lowest BCUT2D eigenvalue weighted by Crippen LogP contribution is -2.34. The normalized spacial score (nSPS) is 12.1. The lowest BCUT2D eigenvalue weighted by Gasteiger charge is -2.14. The van der Waals surface area contributed by atoms with Gasteiger partial charge in [0.1, 0.15) is 11.4 Å². The molecule has 1 aromatic heterocycles. The quantitative estimate of drug-likeness (QED) is 0.801. The van der Waals surface area contributed by atoms with Gasteiger partial charge in [-0.05, 0) is 37.1 Å². The molecule has 5 heteroatoms. The molecule has 0 aliphatic rings. The highest BCUT2D eigenvalue weighted by Gasteiger charge is 2.15. The first-order valence-electron chi connectivity index (χ1n) is 7.62. The minimum absolute atomic E-state index is 0.0564. The number of fused-ring (bicyclic) bond motifs is 1. The van der Waals surface area contributed by atoms with Crippen molar-refractivity contribution in [1.29, 1.82) is 0 Å². The van der Waals surface area contributed by atoms with Gasteiger partial charge in [-0.3, -0.25) is 9.59 Å². The molecule has 1 unspecified atom stereocenters. The maximum atomic E-state index is 13.7. The molecule has 1 amide bonds. The van der Waals surface area contributed by atoms with Gasteiger partial charge in [0.15, 0.2) is 11.2 Å². The maximum absolute atomic E-state index is 13.7. The molecular weight excluding hydrogens is 309 g/mol. The van der Waals surface area contributed by atoms with Crippen molar-refractivity contribution in [1.82, 2.24) is 5.32 Å². The van der Waals surface area contributed by atoms with E-state index in [2.05, 4.69) is 5.32 Å². The summed E-state index contributed by atoms with van der Waals surface area (Å²) in [4.78, 5) is 24.3. The van der Waals surface area contributed by atoms with Gasteiger partial charge >= 0.3 is 0 Å². The van der Waals surface area contributed by atoms with Crippen LogP contribution in [-0.2, 0) is 6.42 Å². The van der Waals surface area contributed by atoms with E-state index in [4.69, 9.17) is 4.42 Å². The van der Waals surface area contributed by atoms with Gasteiger partial charge < -0.3 is 9.73 Å². The average molecular weight is 325 g/mol. The van der Waals surface area contributed by atoms with E-state index >= 15 is 0 Å². The third-order valence-corrected chi connectivity index (χ3v) is 3.72. The highest BCUT2D eigenvalue weighted by molar-refractivity contribution is 5.93. The minimum atomic E-state index is -0.498. The molecule has 1 heterocycles. The van der Waals surface area contributed by atoms with Gasteiger partial charge in [-0.25, -0.2) is 4.39 Å². The molecule has 3 aromatic rings. The summed E-state index contributed by atoms with van der Waals surface area (Å²) >= 11 is 0. The average Bonchev–Trinajstić information content (AvgIpc) is 2.57. The summed E-state index contributed by atoms with van der Waals surface area (Å²) in [5.74, 6) is -0.864. The molecule has 2 aromatic carbocycles. The van der Waals surface area contributed by atoms with Crippen LogP contribution in [0.1, 0.15) is 23.0 Å². The number of carbonyl (C=O) groups is 1. The Morgan fingerprint density at radius 2 is 1.88 bits per heavy atom. The van der Waals surface area contributed by atoms with E-state index in [1.54, 1.807) is 49.4 Å². The van der Waals surface area contributed by atoms with Crippen LogP contribution in [0, 0.1) is 5.82 Å². The molecule has 0 saturated carbocycles. The predicted octanol–water partition coefficient (Wildman–Crippen LogP) is 3.29. The number of halogens is 1. The summed E-state index contributed by atoms with van der Waals surface area (Å²) in [7, 11) is 0. The second kappa shape index (κ2) is 6.66. The van der Waals surface area contributed by atoms with Gasteiger partial charge in [-0.1, -0.05) is 30.3 Å². The Bertz CT molecular complexity index is 948. The zero-order chi connectivity index (χ0) is 17.1. The SMILES string of the molecule is CC(Cc1ccccc1F)NC(=O)c1cc(=O)c2ccccc2o1. The molecule has 0 bridgehead atoms. The van der Waals surface area contributed by atoms with E-state index in [0.717, 1.165) is 0 Å². The number of hydrogen-bond donors (Lipinski definition) is 1. The van der Waals surface area contributed by atoms with Crippen molar-refractivity contribution in [3.05, 3.63) is 82.0 Å². The summed E-state index contributed by atoms with van der Waals surface area (Å²) in [5, 5.41) is 3.15. The van der Waals surface area contributed by atoms with E-state index in [-0.39, 0.29) is 23.0 Å². The smallest absolute Gasteiger partial charge is 0.287 e. The van der Waals surface area contributed by atoms with Crippen molar-refractivity contribution >= 4 is 16.9 Å². The van der Waals surface area contributed by atoms with Crippen LogP contribution in [0.3, 0.4) is 0 Å². The van der Waals surface area contributed by atoms with E-state index < -0.39 is 5.91 Å². The third kappa shape index (κ3) is 3.35. The largest absolute Gasteiger partial charge is 0.451 e. The molecule has 0 saturated heterocycles. The van der Waals surface area contributed by atoms with Gasteiger partial charge in [0.05, 0.1) is 5.39 Å². The summed E-state index contributed by atoms with van der Waals surface area (Å²) < 4.78 is 19.2. The zero-order valence-corrected chi connectivity index (χ0v) is 13.1. The molecular formula is C19H16FNO3. The van der Waals surface area contributed by atoms with E-state index in [9.17, 15) is 14.0 Å². The van der Waals surface area contributed by atoms with Crippen molar-refractivity contribution in [3.8, 4) is 0 Å². The van der Waals surface area contributed by atoms with Crippen LogP contribution < -0.4 is 10.7 Å². The molecule has 3 rings (SSSR count). The maximum Gasteiger partial charge on any atom is 0.287 e. The number of carbonyl (C=O) groups excluding carboxylic acids is 1. The van der Waals surface area contributed by atoms with Crippen LogP contribution in [-0.4, -0.2) is 11.9 Å². The standard InChI is InChI=1S/C19H16FNO3/c1-12(10-13-6-2-4-8-15(13)20)21-19(23)18-11-16(22)14-7-3-5-9-17(14)24-18/h2-9,11-12H,10H2,1H3,(H,21,23). The number of rotatable bonds is 4. The Hall–Kier alpha value is -2.95.